The summed E-state index contributed by atoms with van der Waals surface area (Å²) in [7, 11) is 4.33. The first-order chi connectivity index (χ1) is 4.84. The van der Waals surface area contributed by atoms with Gasteiger partial charge in [-0.05, 0) is 5.56 Å². The number of benzene rings is 1. The second-order valence-electron chi connectivity index (χ2n) is 2.07. The van der Waals surface area contributed by atoms with Gasteiger partial charge in [-0.2, -0.15) is 0 Å². The molecule has 0 spiro atoms. The molecule has 0 amide bonds. The van der Waals surface area contributed by atoms with Crippen LogP contribution in [0, 0.1) is 0 Å². The predicted molar refractivity (Wildman–Crippen MR) is 45.9 cm³/mol. The average molecular weight is 154 g/mol. The summed E-state index contributed by atoms with van der Waals surface area (Å²) < 4.78 is 5.10. The summed E-state index contributed by atoms with van der Waals surface area (Å²) in [6, 6.07) is 10.1. The third-order valence-electron chi connectivity index (χ3n) is 1.38. The highest BCUT2D eigenvalue weighted by Gasteiger charge is 1.99. The molecule has 0 aliphatic rings. The van der Waals surface area contributed by atoms with Gasteiger partial charge in [-0.25, -0.2) is 0 Å². The third-order valence-corrected chi connectivity index (χ3v) is 2.04. The number of rotatable bonds is 2. The molecule has 1 nitrogen and oxygen atoms in total. The number of hydrogen-bond donors (Lipinski definition) is 0. The Balaban J connectivity index is 2.75. The third kappa shape index (κ3) is 1.80. The second kappa shape index (κ2) is 3.70. The van der Waals surface area contributed by atoms with Crippen LogP contribution in [0.2, 0.25) is 0 Å². The van der Waals surface area contributed by atoms with Gasteiger partial charge >= 0.3 is 0 Å². The molecule has 1 rings (SSSR count). The largest absolute Gasteiger partial charge is 0.373 e. The number of ether oxygens (including phenoxy) is 1. The summed E-state index contributed by atoms with van der Waals surface area (Å²) >= 11 is 0. The molecule has 0 fully saturated rings. The minimum absolute atomic E-state index is 0.126. The Morgan fingerprint density at radius 1 is 1.30 bits per heavy atom. The van der Waals surface area contributed by atoms with E-state index in [1.54, 1.807) is 7.11 Å². The molecule has 0 aliphatic heterocycles. The molecule has 0 saturated heterocycles. The Labute approximate surface area is 63.6 Å². The van der Waals surface area contributed by atoms with Crippen molar-refractivity contribution < 1.29 is 4.74 Å². The minimum atomic E-state index is 0.126. The average Bonchev–Trinajstić information content (AvgIpc) is 2.05. The van der Waals surface area contributed by atoms with Crippen molar-refractivity contribution in [3.8, 4) is 0 Å². The van der Waals surface area contributed by atoms with Gasteiger partial charge in [-0.1, -0.05) is 30.3 Å². The predicted octanol–water partition coefficient (Wildman–Crippen LogP) is 2.21. The van der Waals surface area contributed by atoms with Crippen molar-refractivity contribution in [1.29, 1.82) is 0 Å². The van der Waals surface area contributed by atoms with Crippen LogP contribution in [0.4, 0.5) is 0 Å². The topological polar surface area (TPSA) is 9.23 Å². The fraction of sp³-hybridized carbons (Fsp3) is 0.250. The van der Waals surface area contributed by atoms with Crippen LogP contribution in [0.25, 0.3) is 0 Å². The van der Waals surface area contributed by atoms with Crippen molar-refractivity contribution in [2.24, 2.45) is 0 Å². The SMILES string of the molecule is COC(P)c1ccccc1. The van der Waals surface area contributed by atoms with Gasteiger partial charge in [0.1, 0.15) is 0 Å². The van der Waals surface area contributed by atoms with E-state index in [1.165, 1.54) is 5.56 Å². The van der Waals surface area contributed by atoms with Gasteiger partial charge in [0.05, 0.1) is 5.85 Å². The van der Waals surface area contributed by atoms with E-state index in [-0.39, 0.29) is 5.85 Å². The molecule has 2 atom stereocenters. The molecule has 2 unspecified atom stereocenters. The smallest absolute Gasteiger partial charge is 0.0952 e. The Kier molecular flexibility index (Phi) is 2.85. The minimum Gasteiger partial charge on any atom is -0.373 e. The van der Waals surface area contributed by atoms with Gasteiger partial charge in [-0.3, -0.25) is 0 Å². The van der Waals surface area contributed by atoms with E-state index in [9.17, 15) is 0 Å². The highest BCUT2D eigenvalue weighted by Crippen LogP contribution is 2.22. The highest BCUT2D eigenvalue weighted by atomic mass is 31.0. The number of hydrogen-bond acceptors (Lipinski definition) is 1. The van der Waals surface area contributed by atoms with Crippen molar-refractivity contribution in [2.75, 3.05) is 7.11 Å². The summed E-state index contributed by atoms with van der Waals surface area (Å²) in [5.74, 6) is 0.126. The quantitative estimate of drug-likeness (QED) is 0.593. The zero-order valence-corrected chi connectivity index (χ0v) is 7.10. The Bertz CT molecular complexity index is 186. The van der Waals surface area contributed by atoms with E-state index in [0.717, 1.165) is 0 Å². The van der Waals surface area contributed by atoms with E-state index in [4.69, 9.17) is 4.74 Å². The Hall–Kier alpha value is -0.390. The molecular formula is C8H11OP. The van der Waals surface area contributed by atoms with E-state index < -0.39 is 0 Å². The van der Waals surface area contributed by atoms with Crippen molar-refractivity contribution in [2.45, 2.75) is 5.85 Å². The molecule has 1 aromatic carbocycles. The van der Waals surface area contributed by atoms with Crippen molar-refractivity contribution in [1.82, 2.24) is 0 Å². The van der Waals surface area contributed by atoms with Gasteiger partial charge in [0.2, 0.25) is 0 Å². The molecule has 54 valence electrons. The zero-order chi connectivity index (χ0) is 7.40. The van der Waals surface area contributed by atoms with Gasteiger partial charge in [0, 0.05) is 7.11 Å². The standard InChI is InChI=1S/C8H11OP/c1-9-8(10)7-5-3-2-4-6-7/h2-6,8H,10H2,1H3. The summed E-state index contributed by atoms with van der Waals surface area (Å²) in [6.45, 7) is 0. The van der Waals surface area contributed by atoms with Gasteiger partial charge in [-0.15, -0.1) is 9.24 Å². The first-order valence-corrected chi connectivity index (χ1v) is 3.84. The molecule has 0 radical (unpaired) electrons. The molecule has 0 heterocycles. The lowest BCUT2D eigenvalue weighted by Gasteiger charge is -2.07. The van der Waals surface area contributed by atoms with Crippen molar-refractivity contribution >= 4 is 9.24 Å². The molecule has 1 aromatic rings. The lowest BCUT2D eigenvalue weighted by molar-refractivity contribution is 0.175. The summed E-state index contributed by atoms with van der Waals surface area (Å²) in [5.41, 5.74) is 1.19. The van der Waals surface area contributed by atoms with Crippen LogP contribution in [-0.2, 0) is 4.74 Å². The molecule has 0 saturated carbocycles. The van der Waals surface area contributed by atoms with Gasteiger partial charge in [0.25, 0.3) is 0 Å². The molecule has 0 N–H and O–H groups in total. The second-order valence-corrected chi connectivity index (χ2v) is 2.67. The maximum absolute atomic E-state index is 5.10. The van der Waals surface area contributed by atoms with E-state index in [0.29, 0.717) is 0 Å². The summed E-state index contributed by atoms with van der Waals surface area (Å²) in [6.07, 6.45) is 0. The van der Waals surface area contributed by atoms with Crippen LogP contribution in [0.15, 0.2) is 30.3 Å². The van der Waals surface area contributed by atoms with Crippen molar-refractivity contribution in [3.63, 3.8) is 0 Å². The van der Waals surface area contributed by atoms with Crippen LogP contribution in [0.3, 0.4) is 0 Å². The summed E-state index contributed by atoms with van der Waals surface area (Å²) in [5, 5.41) is 0. The molecule has 0 bridgehead atoms. The molecular weight excluding hydrogens is 143 g/mol. The highest BCUT2D eigenvalue weighted by molar-refractivity contribution is 7.16. The van der Waals surface area contributed by atoms with Crippen LogP contribution in [0.5, 0.6) is 0 Å². The fourth-order valence-corrected chi connectivity index (χ4v) is 1.00. The lowest BCUT2D eigenvalue weighted by Crippen LogP contribution is -1.89. The molecule has 0 aromatic heterocycles. The fourth-order valence-electron chi connectivity index (χ4n) is 0.779. The lowest BCUT2D eigenvalue weighted by atomic mass is 10.2. The zero-order valence-electron chi connectivity index (χ0n) is 5.95. The van der Waals surface area contributed by atoms with Crippen LogP contribution >= 0.6 is 9.24 Å². The number of methoxy groups -OCH3 is 1. The summed E-state index contributed by atoms with van der Waals surface area (Å²) in [4.78, 5) is 0. The normalized spacial score (nSPS) is 13.0. The molecule has 2 heteroatoms. The maximum atomic E-state index is 5.10. The van der Waals surface area contributed by atoms with Gasteiger partial charge < -0.3 is 4.74 Å². The Morgan fingerprint density at radius 3 is 2.40 bits per heavy atom. The molecule has 10 heavy (non-hydrogen) atoms. The van der Waals surface area contributed by atoms with E-state index in [2.05, 4.69) is 9.24 Å². The monoisotopic (exact) mass is 154 g/mol. The van der Waals surface area contributed by atoms with Crippen molar-refractivity contribution in [3.05, 3.63) is 35.9 Å². The van der Waals surface area contributed by atoms with Crippen LogP contribution < -0.4 is 0 Å². The maximum Gasteiger partial charge on any atom is 0.0952 e. The Morgan fingerprint density at radius 2 is 1.90 bits per heavy atom. The first-order valence-electron chi connectivity index (χ1n) is 3.18. The van der Waals surface area contributed by atoms with E-state index in [1.807, 2.05) is 30.3 Å². The van der Waals surface area contributed by atoms with Crippen LogP contribution in [0.1, 0.15) is 11.4 Å². The molecule has 0 aliphatic carbocycles. The first kappa shape index (κ1) is 7.71. The van der Waals surface area contributed by atoms with Crippen LogP contribution in [-0.4, -0.2) is 7.11 Å². The van der Waals surface area contributed by atoms with Gasteiger partial charge in [0.15, 0.2) is 0 Å². The van der Waals surface area contributed by atoms with E-state index >= 15 is 0 Å².